The van der Waals surface area contributed by atoms with Crippen molar-refractivity contribution in [3.63, 3.8) is 0 Å². The van der Waals surface area contributed by atoms with Crippen LogP contribution in [0.25, 0.3) is 11.0 Å². The average molecular weight is 299 g/mol. The van der Waals surface area contributed by atoms with Gasteiger partial charge in [0.2, 0.25) is 11.1 Å². The molecule has 0 aliphatic rings. The third-order valence-corrected chi connectivity index (χ3v) is 3.32. The Balaban J connectivity index is 1.94. The van der Waals surface area contributed by atoms with Crippen LogP contribution >= 0.6 is 11.3 Å². The Labute approximate surface area is 114 Å². The first-order valence-electron chi connectivity index (χ1n) is 5.56. The van der Waals surface area contributed by atoms with Crippen LogP contribution in [-0.2, 0) is 6.18 Å². The van der Waals surface area contributed by atoms with E-state index in [0.29, 0.717) is 16.6 Å². The predicted molar refractivity (Wildman–Crippen MR) is 69.0 cm³/mol. The van der Waals surface area contributed by atoms with E-state index in [1.165, 1.54) is 17.4 Å². The summed E-state index contributed by atoms with van der Waals surface area (Å²) in [5.74, 6) is 0.329. The smallest absolute Gasteiger partial charge is 0.324 e. The summed E-state index contributed by atoms with van der Waals surface area (Å²) in [4.78, 5) is 6.94. The molecule has 5 nitrogen and oxygen atoms in total. The minimum atomic E-state index is -4.38. The van der Waals surface area contributed by atoms with Crippen molar-refractivity contribution in [2.24, 2.45) is 0 Å². The minimum Gasteiger partial charge on any atom is -0.324 e. The monoisotopic (exact) mass is 299 g/mol. The fraction of sp³-hybridized carbons (Fsp3) is 0.182. The molecule has 2 aromatic heterocycles. The second kappa shape index (κ2) is 4.44. The molecule has 0 atom stereocenters. The van der Waals surface area contributed by atoms with Crippen molar-refractivity contribution in [3.05, 3.63) is 28.8 Å². The highest BCUT2D eigenvalue weighted by atomic mass is 32.1. The van der Waals surface area contributed by atoms with E-state index >= 15 is 0 Å². The molecule has 9 heteroatoms. The number of anilines is 2. The van der Waals surface area contributed by atoms with Gasteiger partial charge in [-0.05, 0) is 25.1 Å². The molecular weight excluding hydrogens is 291 g/mol. The zero-order valence-corrected chi connectivity index (χ0v) is 10.9. The normalized spacial score (nSPS) is 12.0. The van der Waals surface area contributed by atoms with Crippen molar-refractivity contribution in [1.82, 2.24) is 20.2 Å². The second-order valence-electron chi connectivity index (χ2n) is 4.07. The van der Waals surface area contributed by atoms with Gasteiger partial charge in [-0.1, -0.05) is 11.3 Å². The lowest BCUT2D eigenvalue weighted by atomic mass is 10.2. The number of hydrogen-bond donors (Lipinski definition) is 2. The Hall–Kier alpha value is -2.16. The maximum atomic E-state index is 12.6. The summed E-state index contributed by atoms with van der Waals surface area (Å²) in [6.45, 7) is 1.80. The third kappa shape index (κ3) is 2.44. The number of imidazole rings is 1. The Morgan fingerprint density at radius 1 is 1.25 bits per heavy atom. The molecule has 20 heavy (non-hydrogen) atoms. The molecule has 3 aromatic rings. The van der Waals surface area contributed by atoms with E-state index in [1.54, 1.807) is 6.92 Å². The van der Waals surface area contributed by atoms with E-state index in [1.807, 2.05) is 0 Å². The number of halogens is 3. The molecule has 0 radical (unpaired) electrons. The van der Waals surface area contributed by atoms with Gasteiger partial charge in [-0.15, -0.1) is 10.2 Å². The van der Waals surface area contributed by atoms with Crippen LogP contribution < -0.4 is 5.32 Å². The standard InChI is InChI=1S/C11H8F3N5S/c1-5-18-19-10(20-5)17-9-15-7-3-2-6(11(12,13)14)4-8(7)16-9/h2-4H,1H3,(H2,15,16,17,19). The zero-order valence-electron chi connectivity index (χ0n) is 10.1. The number of alkyl halides is 3. The minimum absolute atomic E-state index is 0.239. The molecule has 0 aliphatic carbocycles. The molecule has 0 bridgehead atoms. The highest BCUT2D eigenvalue weighted by molar-refractivity contribution is 7.15. The van der Waals surface area contributed by atoms with Crippen LogP contribution in [0.3, 0.4) is 0 Å². The lowest BCUT2D eigenvalue weighted by Crippen LogP contribution is -2.04. The number of nitrogens with one attached hydrogen (secondary N) is 2. The molecule has 0 unspecified atom stereocenters. The first-order chi connectivity index (χ1) is 9.41. The molecule has 0 saturated heterocycles. The lowest BCUT2D eigenvalue weighted by molar-refractivity contribution is -0.137. The number of aryl methyl sites for hydroxylation is 1. The van der Waals surface area contributed by atoms with Crippen LogP contribution in [0.1, 0.15) is 10.6 Å². The van der Waals surface area contributed by atoms with Gasteiger partial charge < -0.3 is 10.3 Å². The van der Waals surface area contributed by atoms with Gasteiger partial charge in [-0.2, -0.15) is 13.2 Å². The largest absolute Gasteiger partial charge is 0.416 e. The number of aromatic amines is 1. The van der Waals surface area contributed by atoms with Gasteiger partial charge in [-0.25, -0.2) is 4.98 Å². The molecule has 0 spiro atoms. The summed E-state index contributed by atoms with van der Waals surface area (Å²) in [6.07, 6.45) is -4.38. The number of nitrogens with zero attached hydrogens (tertiary/aromatic N) is 3. The van der Waals surface area contributed by atoms with Gasteiger partial charge in [0.05, 0.1) is 16.6 Å². The summed E-state index contributed by atoms with van der Waals surface area (Å²) < 4.78 is 37.8. The molecule has 0 saturated carbocycles. The first kappa shape index (κ1) is 12.9. The molecule has 0 amide bonds. The number of fused-ring (bicyclic) bond motifs is 1. The van der Waals surface area contributed by atoms with Crippen LogP contribution in [0.15, 0.2) is 18.2 Å². The van der Waals surface area contributed by atoms with Crippen LogP contribution in [0.5, 0.6) is 0 Å². The number of aromatic nitrogens is 4. The molecule has 3 rings (SSSR count). The number of H-pyrrole nitrogens is 1. The summed E-state index contributed by atoms with van der Waals surface area (Å²) >= 11 is 1.33. The van der Waals surface area contributed by atoms with Crippen LogP contribution in [0.2, 0.25) is 0 Å². The van der Waals surface area contributed by atoms with Crippen molar-refractivity contribution in [3.8, 4) is 0 Å². The van der Waals surface area contributed by atoms with Gasteiger partial charge in [0.25, 0.3) is 0 Å². The van der Waals surface area contributed by atoms with E-state index in [4.69, 9.17) is 0 Å². The van der Waals surface area contributed by atoms with Crippen molar-refractivity contribution in [2.75, 3.05) is 5.32 Å². The van der Waals surface area contributed by atoms with Gasteiger partial charge in [0.1, 0.15) is 5.01 Å². The highest BCUT2D eigenvalue weighted by Gasteiger charge is 2.30. The van der Waals surface area contributed by atoms with Crippen LogP contribution in [0.4, 0.5) is 24.3 Å². The molecular formula is C11H8F3N5S. The van der Waals surface area contributed by atoms with Crippen LogP contribution in [0, 0.1) is 6.92 Å². The number of benzene rings is 1. The van der Waals surface area contributed by atoms with Crippen LogP contribution in [-0.4, -0.2) is 20.2 Å². The SMILES string of the molecule is Cc1nnc(Nc2nc3cc(C(F)(F)F)ccc3[nH]2)s1. The summed E-state index contributed by atoms with van der Waals surface area (Å²) in [7, 11) is 0. The van der Waals surface area contributed by atoms with Gasteiger partial charge in [-0.3, -0.25) is 0 Å². The number of hydrogen-bond acceptors (Lipinski definition) is 5. The first-order valence-corrected chi connectivity index (χ1v) is 6.37. The summed E-state index contributed by atoms with van der Waals surface area (Å²) in [5, 5.41) is 11.9. The van der Waals surface area contributed by atoms with E-state index in [2.05, 4.69) is 25.5 Å². The van der Waals surface area contributed by atoms with E-state index in [-0.39, 0.29) is 5.52 Å². The predicted octanol–water partition coefficient (Wildman–Crippen LogP) is 3.49. The van der Waals surface area contributed by atoms with Gasteiger partial charge >= 0.3 is 6.18 Å². The molecule has 0 fully saturated rings. The molecule has 2 N–H and O–H groups in total. The third-order valence-electron chi connectivity index (χ3n) is 2.56. The lowest BCUT2D eigenvalue weighted by Gasteiger charge is -2.04. The van der Waals surface area contributed by atoms with Gasteiger partial charge in [0, 0.05) is 0 Å². The van der Waals surface area contributed by atoms with Crippen molar-refractivity contribution in [1.29, 1.82) is 0 Å². The fourth-order valence-electron chi connectivity index (χ4n) is 1.69. The molecule has 0 aliphatic heterocycles. The highest BCUT2D eigenvalue weighted by Crippen LogP contribution is 2.31. The Kier molecular flexibility index (Phi) is 2.85. The molecule has 2 heterocycles. The topological polar surface area (TPSA) is 66.5 Å². The van der Waals surface area contributed by atoms with Gasteiger partial charge in [0.15, 0.2) is 0 Å². The maximum Gasteiger partial charge on any atom is 0.416 e. The maximum absolute atomic E-state index is 12.6. The number of rotatable bonds is 2. The average Bonchev–Trinajstić information content (AvgIpc) is 2.93. The Morgan fingerprint density at radius 3 is 2.70 bits per heavy atom. The van der Waals surface area contributed by atoms with Crippen molar-refractivity contribution < 1.29 is 13.2 Å². The quantitative estimate of drug-likeness (QED) is 0.760. The van der Waals surface area contributed by atoms with Crippen molar-refractivity contribution >= 4 is 33.5 Å². The Morgan fingerprint density at radius 2 is 2.05 bits per heavy atom. The summed E-state index contributed by atoms with van der Waals surface area (Å²) in [6, 6.07) is 3.36. The molecule has 1 aromatic carbocycles. The summed E-state index contributed by atoms with van der Waals surface area (Å²) in [5.41, 5.74) is 0.0279. The molecule has 104 valence electrons. The van der Waals surface area contributed by atoms with E-state index < -0.39 is 11.7 Å². The van der Waals surface area contributed by atoms with Crippen molar-refractivity contribution in [2.45, 2.75) is 13.1 Å². The van der Waals surface area contributed by atoms with E-state index in [9.17, 15) is 13.2 Å². The second-order valence-corrected chi connectivity index (χ2v) is 5.25. The fourth-order valence-corrected chi connectivity index (χ4v) is 2.28. The zero-order chi connectivity index (χ0) is 14.3. The Bertz CT molecular complexity index is 761. The van der Waals surface area contributed by atoms with E-state index in [0.717, 1.165) is 17.1 Å².